The first-order valence-corrected chi connectivity index (χ1v) is 7.60. The first-order valence-electron chi connectivity index (χ1n) is 6.72. The van der Waals surface area contributed by atoms with Gasteiger partial charge in [-0.1, -0.05) is 32.0 Å². The van der Waals surface area contributed by atoms with Crippen molar-refractivity contribution in [3.63, 3.8) is 0 Å². The van der Waals surface area contributed by atoms with E-state index in [4.69, 9.17) is 10.9 Å². The lowest BCUT2D eigenvalue weighted by molar-refractivity contribution is 0.260. The van der Waals surface area contributed by atoms with E-state index < -0.39 is 0 Å². The monoisotopic (exact) mass is 283 g/mol. The molecule has 0 spiro atoms. The summed E-state index contributed by atoms with van der Waals surface area (Å²) in [4.78, 5) is 3.83. The van der Waals surface area contributed by atoms with Crippen LogP contribution in [0.25, 0.3) is 0 Å². The topological polar surface area (TPSA) is 61.8 Å². The lowest BCUT2D eigenvalue weighted by atomic mass is 9.86. The van der Waals surface area contributed by atoms with Gasteiger partial charge >= 0.3 is 0 Å². The third kappa shape index (κ3) is 5.20. The molecule has 4 nitrogen and oxygen atoms in total. The summed E-state index contributed by atoms with van der Waals surface area (Å²) in [6, 6.07) is 4.27. The third-order valence-electron chi connectivity index (χ3n) is 3.48. The zero-order valence-corrected chi connectivity index (χ0v) is 12.9. The van der Waals surface area contributed by atoms with E-state index in [2.05, 4.69) is 34.5 Å². The molecule has 0 radical (unpaired) electrons. The van der Waals surface area contributed by atoms with E-state index >= 15 is 0 Å². The molecule has 0 bridgehead atoms. The van der Waals surface area contributed by atoms with Crippen LogP contribution in [-0.2, 0) is 6.54 Å². The van der Waals surface area contributed by atoms with Crippen molar-refractivity contribution in [1.29, 1.82) is 0 Å². The lowest BCUT2D eigenvalue weighted by Crippen LogP contribution is -2.33. The lowest BCUT2D eigenvalue weighted by Gasteiger charge is -2.25. The van der Waals surface area contributed by atoms with Crippen molar-refractivity contribution in [2.45, 2.75) is 40.2 Å². The van der Waals surface area contributed by atoms with E-state index in [1.54, 1.807) is 11.3 Å². The summed E-state index contributed by atoms with van der Waals surface area (Å²) in [5.41, 5.74) is 5.46. The van der Waals surface area contributed by atoms with Gasteiger partial charge in [0.1, 0.15) is 5.84 Å². The van der Waals surface area contributed by atoms with E-state index in [1.165, 1.54) is 4.88 Å². The van der Waals surface area contributed by atoms with Gasteiger partial charge in [0.05, 0.1) is 0 Å². The molecule has 0 atom stereocenters. The van der Waals surface area contributed by atoms with E-state index in [1.807, 2.05) is 13.8 Å². The zero-order chi connectivity index (χ0) is 14.3. The maximum atomic E-state index is 8.75. The Bertz CT molecular complexity index is 387. The Hall–Kier alpha value is -1.07. The van der Waals surface area contributed by atoms with Crippen LogP contribution in [0.2, 0.25) is 0 Å². The summed E-state index contributed by atoms with van der Waals surface area (Å²) in [5.74, 6) is 0.314. The smallest absolute Gasteiger partial charge is 0.144 e. The molecule has 19 heavy (non-hydrogen) atoms. The highest BCUT2D eigenvalue weighted by Crippen LogP contribution is 2.23. The summed E-state index contributed by atoms with van der Waals surface area (Å²) in [6.45, 7) is 9.30. The van der Waals surface area contributed by atoms with Crippen molar-refractivity contribution in [2.75, 3.05) is 13.1 Å². The maximum absolute atomic E-state index is 8.75. The first kappa shape index (κ1) is 16.0. The van der Waals surface area contributed by atoms with E-state index in [9.17, 15) is 0 Å². The second kappa shape index (κ2) is 7.50. The summed E-state index contributed by atoms with van der Waals surface area (Å²) < 4.78 is 0. The standard InChI is InChI=1S/C14H25N3OS/c1-4-17(11-12-7-5-10-19-12)9-6-8-14(2,3)13(15)16-18/h5,7,10,18H,4,6,8-9,11H2,1-3H3,(H2,15,16). The summed E-state index contributed by atoms with van der Waals surface area (Å²) in [7, 11) is 0. The highest BCUT2D eigenvalue weighted by molar-refractivity contribution is 7.09. The van der Waals surface area contributed by atoms with Crippen LogP contribution >= 0.6 is 11.3 Å². The predicted molar refractivity (Wildman–Crippen MR) is 81.7 cm³/mol. The van der Waals surface area contributed by atoms with Crippen LogP contribution in [-0.4, -0.2) is 29.0 Å². The fourth-order valence-electron chi connectivity index (χ4n) is 1.98. The summed E-state index contributed by atoms with van der Waals surface area (Å²) in [5, 5.41) is 14.0. The maximum Gasteiger partial charge on any atom is 0.144 e. The molecule has 0 amide bonds. The molecule has 0 saturated heterocycles. The van der Waals surface area contributed by atoms with Gasteiger partial charge in [-0.25, -0.2) is 0 Å². The minimum atomic E-state index is -0.239. The molecule has 0 aliphatic carbocycles. The van der Waals surface area contributed by atoms with Crippen molar-refractivity contribution in [3.8, 4) is 0 Å². The Morgan fingerprint density at radius 3 is 2.79 bits per heavy atom. The molecule has 1 aromatic rings. The van der Waals surface area contributed by atoms with Gasteiger partial charge in [-0.05, 0) is 37.4 Å². The van der Waals surface area contributed by atoms with Crippen LogP contribution in [0.15, 0.2) is 22.7 Å². The molecular formula is C14H25N3OS. The van der Waals surface area contributed by atoms with Crippen molar-refractivity contribution in [2.24, 2.45) is 16.3 Å². The van der Waals surface area contributed by atoms with Crippen molar-refractivity contribution in [3.05, 3.63) is 22.4 Å². The van der Waals surface area contributed by atoms with Crippen molar-refractivity contribution >= 4 is 17.2 Å². The molecule has 1 rings (SSSR count). The Morgan fingerprint density at radius 2 is 2.26 bits per heavy atom. The fraction of sp³-hybridized carbons (Fsp3) is 0.643. The minimum Gasteiger partial charge on any atom is -0.409 e. The molecule has 1 heterocycles. The average molecular weight is 283 g/mol. The van der Waals surface area contributed by atoms with Crippen LogP contribution in [0.4, 0.5) is 0 Å². The van der Waals surface area contributed by atoms with Crippen LogP contribution in [0.3, 0.4) is 0 Å². The minimum absolute atomic E-state index is 0.239. The number of amidine groups is 1. The van der Waals surface area contributed by atoms with Gasteiger partial charge in [0, 0.05) is 16.8 Å². The number of rotatable bonds is 8. The summed E-state index contributed by atoms with van der Waals surface area (Å²) in [6.07, 6.45) is 1.96. The van der Waals surface area contributed by atoms with Crippen LogP contribution < -0.4 is 5.73 Å². The van der Waals surface area contributed by atoms with Gasteiger partial charge in [0.15, 0.2) is 0 Å². The molecule has 0 saturated carbocycles. The first-order chi connectivity index (χ1) is 8.99. The average Bonchev–Trinajstić information content (AvgIpc) is 2.89. The number of thiophene rings is 1. The van der Waals surface area contributed by atoms with Gasteiger partial charge in [-0.2, -0.15) is 0 Å². The Kier molecular flexibility index (Phi) is 6.31. The van der Waals surface area contributed by atoms with Crippen molar-refractivity contribution < 1.29 is 5.21 Å². The number of oxime groups is 1. The second-order valence-electron chi connectivity index (χ2n) is 5.42. The van der Waals surface area contributed by atoms with E-state index in [-0.39, 0.29) is 5.41 Å². The molecule has 0 aliphatic rings. The van der Waals surface area contributed by atoms with Gasteiger partial charge in [0.25, 0.3) is 0 Å². The van der Waals surface area contributed by atoms with Gasteiger partial charge in [-0.3, -0.25) is 4.90 Å². The molecule has 3 N–H and O–H groups in total. The third-order valence-corrected chi connectivity index (χ3v) is 4.35. The molecule has 0 unspecified atom stereocenters. The molecule has 0 aromatic carbocycles. The molecular weight excluding hydrogens is 258 g/mol. The fourth-order valence-corrected chi connectivity index (χ4v) is 2.73. The van der Waals surface area contributed by atoms with Gasteiger partial charge in [0.2, 0.25) is 0 Å². The van der Waals surface area contributed by atoms with Gasteiger partial charge in [-0.15, -0.1) is 11.3 Å². The van der Waals surface area contributed by atoms with Gasteiger partial charge < -0.3 is 10.9 Å². The van der Waals surface area contributed by atoms with Crippen molar-refractivity contribution in [1.82, 2.24) is 4.90 Å². The van der Waals surface area contributed by atoms with Crippen LogP contribution in [0, 0.1) is 5.41 Å². The largest absolute Gasteiger partial charge is 0.409 e. The Morgan fingerprint density at radius 1 is 1.53 bits per heavy atom. The SMILES string of the molecule is CCN(CCCC(C)(C)C(N)=NO)Cc1cccs1. The van der Waals surface area contributed by atoms with Crippen LogP contribution in [0.5, 0.6) is 0 Å². The number of nitrogens with two attached hydrogens (primary N) is 1. The quantitative estimate of drug-likeness (QED) is 0.333. The normalized spacial score (nSPS) is 13.2. The van der Waals surface area contributed by atoms with Crippen LogP contribution in [0.1, 0.15) is 38.5 Å². The second-order valence-corrected chi connectivity index (χ2v) is 6.45. The Balaban J connectivity index is 2.38. The number of hydrogen-bond donors (Lipinski definition) is 2. The summed E-state index contributed by atoms with van der Waals surface area (Å²) >= 11 is 1.80. The van der Waals surface area contributed by atoms with E-state index in [0.717, 1.165) is 32.5 Å². The molecule has 108 valence electrons. The molecule has 0 fully saturated rings. The molecule has 5 heteroatoms. The molecule has 1 aromatic heterocycles. The zero-order valence-electron chi connectivity index (χ0n) is 12.1. The highest BCUT2D eigenvalue weighted by Gasteiger charge is 2.23. The van der Waals surface area contributed by atoms with E-state index in [0.29, 0.717) is 5.84 Å². The number of nitrogens with zero attached hydrogens (tertiary/aromatic N) is 2. The molecule has 0 aliphatic heterocycles. The number of hydrogen-bond acceptors (Lipinski definition) is 4. The predicted octanol–water partition coefficient (Wildman–Crippen LogP) is 3.12. The Labute approximate surface area is 119 Å². The highest BCUT2D eigenvalue weighted by atomic mass is 32.1.